The topological polar surface area (TPSA) is 123 Å². The molecule has 206 valence electrons. The quantitative estimate of drug-likeness (QED) is 0.113. The number of aliphatic hydroxyl groups excluding tert-OH is 1. The maximum atomic E-state index is 12.8. The molecule has 0 bridgehead atoms. The minimum atomic E-state index is -0.556. The number of anilines is 3. The average molecular weight is 550 g/mol. The summed E-state index contributed by atoms with van der Waals surface area (Å²) in [4.78, 5) is 26.2. The first kappa shape index (κ1) is 29.6. The number of aliphatic hydroxyl groups is 1. The van der Waals surface area contributed by atoms with E-state index in [0.29, 0.717) is 35.7 Å². The van der Waals surface area contributed by atoms with Gasteiger partial charge in [0.05, 0.1) is 18.0 Å². The average Bonchev–Trinajstić information content (AvgIpc) is 2.95. The largest absolute Gasteiger partial charge is 0.491 e. The van der Waals surface area contributed by atoms with Crippen LogP contribution in [0.2, 0.25) is 0 Å². The second-order valence-corrected chi connectivity index (χ2v) is 9.73. The van der Waals surface area contributed by atoms with Gasteiger partial charge in [-0.2, -0.15) is 0 Å². The Bertz CT molecular complexity index is 1230. The highest BCUT2D eigenvalue weighted by atomic mass is 32.2. The Kier molecular flexibility index (Phi) is 11.7. The first-order chi connectivity index (χ1) is 18.9. The van der Waals surface area contributed by atoms with Crippen molar-refractivity contribution in [2.75, 3.05) is 35.8 Å². The molecule has 39 heavy (non-hydrogen) atoms. The maximum Gasteiger partial charge on any atom is 0.412 e. The number of rotatable bonds is 13. The van der Waals surface area contributed by atoms with Crippen LogP contribution in [0.25, 0.3) is 0 Å². The molecule has 0 aliphatic heterocycles. The van der Waals surface area contributed by atoms with Gasteiger partial charge in [-0.3, -0.25) is 10.1 Å². The molecular weight excluding hydrogens is 514 g/mol. The van der Waals surface area contributed by atoms with Crippen LogP contribution in [-0.4, -0.2) is 36.6 Å². The number of benzene rings is 3. The van der Waals surface area contributed by atoms with Crippen molar-refractivity contribution in [1.29, 1.82) is 0 Å². The van der Waals surface area contributed by atoms with Crippen molar-refractivity contribution >= 4 is 40.8 Å². The highest BCUT2D eigenvalue weighted by Gasteiger charge is 2.24. The van der Waals surface area contributed by atoms with Gasteiger partial charge >= 0.3 is 6.09 Å². The Balaban J connectivity index is 1.63. The molecule has 0 heterocycles. The first-order valence-electron chi connectivity index (χ1n) is 12.7. The number of para-hydroxylation sites is 2. The predicted octanol–water partition coefficient (Wildman–Crippen LogP) is 6.26. The third kappa shape index (κ3) is 9.70. The van der Waals surface area contributed by atoms with Crippen molar-refractivity contribution in [1.82, 2.24) is 0 Å². The second kappa shape index (κ2) is 15.5. The lowest BCUT2D eigenvalue weighted by Gasteiger charge is -2.25. The molecule has 0 aromatic heterocycles. The molecule has 3 rings (SSSR count). The van der Waals surface area contributed by atoms with Gasteiger partial charge in [0.2, 0.25) is 5.91 Å². The highest BCUT2D eigenvalue weighted by Crippen LogP contribution is 2.31. The molecule has 0 saturated carbocycles. The van der Waals surface area contributed by atoms with Crippen molar-refractivity contribution in [3.05, 3.63) is 90.5 Å². The van der Waals surface area contributed by atoms with Gasteiger partial charge in [-0.25, -0.2) is 4.79 Å². The Morgan fingerprint density at radius 3 is 2.41 bits per heavy atom. The van der Waals surface area contributed by atoms with E-state index in [4.69, 9.17) is 20.3 Å². The van der Waals surface area contributed by atoms with Gasteiger partial charge in [-0.1, -0.05) is 37.3 Å². The number of carbonyl (C=O) groups excluding carboxylic acids is 2. The summed E-state index contributed by atoms with van der Waals surface area (Å²) < 4.78 is 11.4. The number of nitrogens with two attached hydrogens (primary N) is 1. The lowest BCUT2D eigenvalue weighted by molar-refractivity contribution is -0.111. The van der Waals surface area contributed by atoms with Gasteiger partial charge < -0.3 is 25.6 Å². The number of thioether (sulfide) groups is 1. The smallest absolute Gasteiger partial charge is 0.412 e. The van der Waals surface area contributed by atoms with E-state index < -0.39 is 12.2 Å². The maximum absolute atomic E-state index is 12.8. The summed E-state index contributed by atoms with van der Waals surface area (Å²) in [6.07, 6.45) is 5.44. The third-order valence-corrected chi connectivity index (χ3v) is 6.68. The summed E-state index contributed by atoms with van der Waals surface area (Å²) in [5.41, 5.74) is 8.40. The molecule has 0 aliphatic carbocycles. The fourth-order valence-electron chi connectivity index (χ4n) is 3.85. The number of amides is 2. The Morgan fingerprint density at radius 2 is 1.74 bits per heavy atom. The summed E-state index contributed by atoms with van der Waals surface area (Å²) in [5.74, 6) is 0.292. The molecule has 0 aliphatic rings. The number of carbonyl (C=O) groups is 2. The Morgan fingerprint density at radius 1 is 1.03 bits per heavy atom. The molecule has 3 aromatic carbocycles. The zero-order chi connectivity index (χ0) is 28.0. The van der Waals surface area contributed by atoms with Gasteiger partial charge in [-0.15, -0.1) is 11.8 Å². The molecular formula is C30H35N3O5S. The van der Waals surface area contributed by atoms with Gasteiger partial charge in [0, 0.05) is 10.6 Å². The van der Waals surface area contributed by atoms with Crippen molar-refractivity contribution in [2.45, 2.75) is 30.8 Å². The van der Waals surface area contributed by atoms with Gasteiger partial charge in [-0.05, 0) is 85.2 Å². The molecule has 0 saturated heterocycles. The van der Waals surface area contributed by atoms with Crippen molar-refractivity contribution in [3.63, 3.8) is 0 Å². The molecule has 2 atom stereocenters. The SMILES string of the molecule is CSc1ccc(NC(=O)O[C@@H](c2ccc(OCCO)cc2)[C@@H](C)CC/C=C/C(=O)Nc2ccccc2N)cc1. The van der Waals surface area contributed by atoms with Crippen LogP contribution in [0, 0.1) is 5.92 Å². The fourth-order valence-corrected chi connectivity index (χ4v) is 4.26. The summed E-state index contributed by atoms with van der Waals surface area (Å²) in [7, 11) is 0. The van der Waals surface area contributed by atoms with Crippen molar-refractivity contribution in [2.24, 2.45) is 5.92 Å². The molecule has 5 N–H and O–H groups in total. The zero-order valence-electron chi connectivity index (χ0n) is 22.1. The first-order valence-corrected chi connectivity index (χ1v) is 13.9. The van der Waals surface area contributed by atoms with E-state index in [0.717, 1.165) is 10.5 Å². The standard InChI is InChI=1S/C30H35N3O5S/c1-21(7-3-6-10-28(35)33-27-9-5-4-8-26(27)31)29(22-11-15-24(16-12-22)37-20-19-34)38-30(36)32-23-13-17-25(39-2)18-14-23/h4-6,8-18,21,29,34H,3,7,19-20,31H2,1-2H3,(H,32,36)(H,33,35)/b10-6+/t21-,29+/m0/s1. The molecule has 0 radical (unpaired) electrons. The summed E-state index contributed by atoms with van der Waals surface area (Å²) in [5, 5.41) is 14.6. The monoisotopic (exact) mass is 549 g/mol. The molecule has 0 unspecified atom stereocenters. The third-order valence-electron chi connectivity index (χ3n) is 5.93. The van der Waals surface area contributed by atoms with E-state index in [1.54, 1.807) is 54.2 Å². The minimum absolute atomic E-state index is 0.0590. The van der Waals surface area contributed by atoms with E-state index in [-0.39, 0.29) is 25.0 Å². The Labute approximate surface area is 233 Å². The number of ether oxygens (including phenoxy) is 2. The molecule has 3 aromatic rings. The van der Waals surface area contributed by atoms with E-state index in [2.05, 4.69) is 10.6 Å². The molecule has 2 amide bonds. The second-order valence-electron chi connectivity index (χ2n) is 8.85. The molecule has 9 heteroatoms. The fraction of sp³-hybridized carbons (Fsp3) is 0.267. The summed E-state index contributed by atoms with van der Waals surface area (Å²) >= 11 is 1.62. The van der Waals surface area contributed by atoms with Crippen LogP contribution in [0.1, 0.15) is 31.4 Å². The summed E-state index contributed by atoms with van der Waals surface area (Å²) in [6, 6.07) is 21.9. The van der Waals surface area contributed by atoms with Gasteiger partial charge in [0.15, 0.2) is 0 Å². The van der Waals surface area contributed by atoms with Crippen LogP contribution in [0.4, 0.5) is 21.9 Å². The highest BCUT2D eigenvalue weighted by molar-refractivity contribution is 7.98. The van der Waals surface area contributed by atoms with Crippen molar-refractivity contribution < 1.29 is 24.2 Å². The lowest BCUT2D eigenvalue weighted by Crippen LogP contribution is -2.22. The summed E-state index contributed by atoms with van der Waals surface area (Å²) in [6.45, 7) is 2.12. The minimum Gasteiger partial charge on any atom is -0.491 e. The number of hydrogen-bond acceptors (Lipinski definition) is 7. The number of nitrogen functional groups attached to an aromatic ring is 1. The lowest BCUT2D eigenvalue weighted by atomic mass is 9.93. The normalized spacial score (nSPS) is 12.5. The van der Waals surface area contributed by atoms with Gasteiger partial charge in [0.1, 0.15) is 18.5 Å². The number of allylic oxidation sites excluding steroid dienone is 1. The van der Waals surface area contributed by atoms with Crippen LogP contribution in [0.15, 0.2) is 89.8 Å². The van der Waals surface area contributed by atoms with Crippen LogP contribution < -0.4 is 21.1 Å². The van der Waals surface area contributed by atoms with E-state index in [1.807, 2.05) is 49.6 Å². The molecule has 0 spiro atoms. The predicted molar refractivity (Wildman–Crippen MR) is 157 cm³/mol. The van der Waals surface area contributed by atoms with Crippen LogP contribution in [0.3, 0.4) is 0 Å². The van der Waals surface area contributed by atoms with Crippen LogP contribution in [-0.2, 0) is 9.53 Å². The molecule has 8 nitrogen and oxygen atoms in total. The van der Waals surface area contributed by atoms with Crippen LogP contribution in [0.5, 0.6) is 5.75 Å². The Hall–Kier alpha value is -3.95. The molecule has 0 fully saturated rings. The van der Waals surface area contributed by atoms with Gasteiger partial charge in [0.25, 0.3) is 0 Å². The zero-order valence-corrected chi connectivity index (χ0v) is 22.9. The van der Waals surface area contributed by atoms with E-state index in [9.17, 15) is 9.59 Å². The number of nitrogens with one attached hydrogen (secondary N) is 2. The number of hydrogen-bond donors (Lipinski definition) is 4. The van der Waals surface area contributed by atoms with E-state index in [1.165, 1.54) is 6.08 Å². The van der Waals surface area contributed by atoms with Crippen molar-refractivity contribution in [3.8, 4) is 5.75 Å². The van der Waals surface area contributed by atoms with E-state index >= 15 is 0 Å². The van der Waals surface area contributed by atoms with Crippen LogP contribution >= 0.6 is 11.8 Å².